The molecule has 7 heteroatoms. The molecule has 0 atom stereocenters. The number of carbonyl (C=O) groups excluding carboxylic acids is 1. The predicted molar refractivity (Wildman–Crippen MR) is 118 cm³/mol. The smallest absolute Gasteiger partial charge is 0.239 e. The van der Waals surface area contributed by atoms with Crippen molar-refractivity contribution in [3.05, 3.63) is 71.4 Å². The van der Waals surface area contributed by atoms with Crippen LogP contribution in [0, 0.1) is 13.8 Å². The van der Waals surface area contributed by atoms with Gasteiger partial charge in [-0.05, 0) is 31.5 Å². The van der Waals surface area contributed by atoms with Crippen molar-refractivity contribution in [2.45, 2.75) is 20.4 Å². The third-order valence-electron chi connectivity index (χ3n) is 4.70. The number of hydrogen-bond acceptors (Lipinski definition) is 5. The molecule has 29 heavy (non-hydrogen) atoms. The van der Waals surface area contributed by atoms with Gasteiger partial charge in [0.2, 0.25) is 5.91 Å². The van der Waals surface area contributed by atoms with E-state index < -0.39 is 0 Å². The molecule has 1 amide bonds. The molecule has 1 N–H and O–H groups in total. The zero-order valence-electron chi connectivity index (χ0n) is 16.7. The van der Waals surface area contributed by atoms with Crippen LogP contribution in [-0.2, 0) is 11.3 Å². The van der Waals surface area contributed by atoms with E-state index in [1.54, 1.807) is 11.3 Å². The highest BCUT2D eigenvalue weighted by atomic mass is 32.1. The number of likely N-dealkylation sites (N-methyl/N-ethyl adjacent to an activating group) is 1. The number of aromatic nitrogens is 3. The van der Waals surface area contributed by atoms with Crippen LogP contribution in [0.4, 0.5) is 5.13 Å². The largest absolute Gasteiger partial charge is 0.350 e. The van der Waals surface area contributed by atoms with Crippen LogP contribution in [0.1, 0.15) is 16.8 Å². The standard InChI is InChI=1S/C22H23N5OS/c1-15-9-11-18(12-10-15)27-21-20(16(2)25-27)29-22(24-21)26(3)14-19(28)23-13-17-7-5-4-6-8-17/h4-12H,13-14H2,1-3H3,(H,23,28). The first-order valence-electron chi connectivity index (χ1n) is 9.46. The fraction of sp³-hybridized carbons (Fsp3) is 0.227. The summed E-state index contributed by atoms with van der Waals surface area (Å²) >= 11 is 1.56. The number of amides is 1. The molecular weight excluding hydrogens is 382 g/mol. The lowest BCUT2D eigenvalue weighted by molar-refractivity contribution is -0.119. The number of thiazole rings is 1. The Morgan fingerprint density at radius 1 is 1.10 bits per heavy atom. The predicted octanol–water partition coefficient (Wildman–Crippen LogP) is 3.85. The van der Waals surface area contributed by atoms with Gasteiger partial charge in [-0.1, -0.05) is 59.4 Å². The minimum absolute atomic E-state index is 0.0347. The molecule has 0 fully saturated rings. The van der Waals surface area contributed by atoms with Crippen LogP contribution in [-0.4, -0.2) is 34.3 Å². The third kappa shape index (κ3) is 4.14. The normalized spacial score (nSPS) is 11.0. The summed E-state index contributed by atoms with van der Waals surface area (Å²) in [6, 6.07) is 18.1. The van der Waals surface area contributed by atoms with E-state index in [1.165, 1.54) is 5.56 Å². The van der Waals surface area contributed by atoms with Crippen molar-refractivity contribution in [3.8, 4) is 5.69 Å². The van der Waals surface area contributed by atoms with Gasteiger partial charge in [-0.3, -0.25) is 4.79 Å². The molecular formula is C22H23N5OS. The third-order valence-corrected chi connectivity index (χ3v) is 5.96. The second kappa shape index (κ2) is 8.05. The molecule has 6 nitrogen and oxygen atoms in total. The second-order valence-electron chi connectivity index (χ2n) is 7.10. The molecule has 0 aliphatic heterocycles. The molecule has 0 unspecified atom stereocenters. The van der Waals surface area contributed by atoms with Crippen molar-refractivity contribution < 1.29 is 4.79 Å². The number of hydrogen-bond donors (Lipinski definition) is 1. The van der Waals surface area contributed by atoms with Gasteiger partial charge in [-0.15, -0.1) is 0 Å². The summed E-state index contributed by atoms with van der Waals surface area (Å²) in [6.07, 6.45) is 0. The van der Waals surface area contributed by atoms with Crippen molar-refractivity contribution in [2.24, 2.45) is 0 Å². The molecule has 0 saturated heterocycles. The molecule has 2 aromatic carbocycles. The Kier molecular flexibility index (Phi) is 5.31. The Hall–Kier alpha value is -3.19. The van der Waals surface area contributed by atoms with E-state index in [1.807, 2.05) is 66.0 Å². The first-order valence-corrected chi connectivity index (χ1v) is 10.3. The summed E-state index contributed by atoms with van der Waals surface area (Å²) < 4.78 is 2.91. The van der Waals surface area contributed by atoms with Crippen molar-refractivity contribution in [1.82, 2.24) is 20.1 Å². The van der Waals surface area contributed by atoms with Crippen molar-refractivity contribution in [3.63, 3.8) is 0 Å². The number of aryl methyl sites for hydroxylation is 2. The van der Waals surface area contributed by atoms with Gasteiger partial charge < -0.3 is 10.2 Å². The van der Waals surface area contributed by atoms with Gasteiger partial charge in [0, 0.05) is 13.6 Å². The number of benzene rings is 2. The molecule has 4 aromatic rings. The Morgan fingerprint density at radius 3 is 2.55 bits per heavy atom. The highest BCUT2D eigenvalue weighted by Crippen LogP contribution is 2.32. The number of fused-ring (bicyclic) bond motifs is 1. The molecule has 0 bridgehead atoms. The maximum Gasteiger partial charge on any atom is 0.239 e. The maximum absolute atomic E-state index is 12.3. The summed E-state index contributed by atoms with van der Waals surface area (Å²) in [4.78, 5) is 19.0. The van der Waals surface area contributed by atoms with E-state index in [4.69, 9.17) is 4.98 Å². The fourth-order valence-electron chi connectivity index (χ4n) is 3.09. The Labute approximate surface area is 173 Å². The van der Waals surface area contributed by atoms with Crippen molar-refractivity contribution in [2.75, 3.05) is 18.5 Å². The molecule has 2 heterocycles. The van der Waals surface area contributed by atoms with Crippen molar-refractivity contribution in [1.29, 1.82) is 0 Å². The van der Waals surface area contributed by atoms with Gasteiger partial charge >= 0.3 is 0 Å². The highest BCUT2D eigenvalue weighted by Gasteiger charge is 2.18. The fourth-order valence-corrected chi connectivity index (χ4v) is 4.03. The minimum atomic E-state index is -0.0347. The molecule has 4 rings (SSSR count). The van der Waals surface area contributed by atoms with E-state index in [0.717, 1.165) is 32.4 Å². The number of anilines is 1. The lowest BCUT2D eigenvalue weighted by Crippen LogP contribution is -2.34. The van der Waals surface area contributed by atoms with Crippen LogP contribution in [0.2, 0.25) is 0 Å². The van der Waals surface area contributed by atoms with Gasteiger partial charge in [0.05, 0.1) is 22.6 Å². The number of carbonyl (C=O) groups is 1. The number of nitrogens with one attached hydrogen (secondary N) is 1. The summed E-state index contributed by atoms with van der Waals surface area (Å²) in [6.45, 7) is 4.82. The number of nitrogens with zero attached hydrogens (tertiary/aromatic N) is 4. The Balaban J connectivity index is 1.49. The Morgan fingerprint density at radius 2 is 1.83 bits per heavy atom. The topological polar surface area (TPSA) is 63.1 Å². The zero-order chi connectivity index (χ0) is 20.4. The van der Waals surface area contributed by atoms with Crippen LogP contribution >= 0.6 is 11.3 Å². The molecule has 0 aliphatic carbocycles. The SMILES string of the molecule is Cc1ccc(-n2nc(C)c3sc(N(C)CC(=O)NCc4ccccc4)nc32)cc1. The van der Waals surface area contributed by atoms with Gasteiger partial charge in [0.15, 0.2) is 10.8 Å². The molecule has 0 spiro atoms. The van der Waals surface area contributed by atoms with E-state index in [0.29, 0.717) is 6.54 Å². The zero-order valence-corrected chi connectivity index (χ0v) is 17.5. The molecule has 0 aliphatic rings. The van der Waals surface area contributed by atoms with Crippen LogP contribution in [0.5, 0.6) is 0 Å². The average molecular weight is 406 g/mol. The van der Waals surface area contributed by atoms with Crippen molar-refractivity contribution >= 4 is 32.7 Å². The van der Waals surface area contributed by atoms with Crippen LogP contribution in [0.15, 0.2) is 54.6 Å². The molecule has 0 radical (unpaired) electrons. The van der Waals surface area contributed by atoms with E-state index in [2.05, 4.69) is 29.5 Å². The molecule has 2 aromatic heterocycles. The van der Waals surface area contributed by atoms with Crippen LogP contribution < -0.4 is 10.2 Å². The summed E-state index contributed by atoms with van der Waals surface area (Å²) in [5.41, 5.74) is 5.02. The first-order chi connectivity index (χ1) is 14.0. The summed E-state index contributed by atoms with van der Waals surface area (Å²) in [5, 5.41) is 8.40. The minimum Gasteiger partial charge on any atom is -0.350 e. The van der Waals surface area contributed by atoms with Crippen LogP contribution in [0.25, 0.3) is 16.0 Å². The monoisotopic (exact) mass is 405 g/mol. The Bertz CT molecular complexity index is 1130. The lowest BCUT2D eigenvalue weighted by atomic mass is 10.2. The maximum atomic E-state index is 12.3. The number of rotatable bonds is 6. The lowest BCUT2D eigenvalue weighted by Gasteiger charge is -2.15. The highest BCUT2D eigenvalue weighted by molar-refractivity contribution is 7.22. The van der Waals surface area contributed by atoms with Gasteiger partial charge in [0.1, 0.15) is 0 Å². The van der Waals surface area contributed by atoms with Crippen LogP contribution in [0.3, 0.4) is 0 Å². The van der Waals surface area contributed by atoms with Gasteiger partial charge in [-0.2, -0.15) is 10.1 Å². The van der Waals surface area contributed by atoms with Gasteiger partial charge in [-0.25, -0.2) is 4.68 Å². The van der Waals surface area contributed by atoms with E-state index in [9.17, 15) is 4.79 Å². The quantitative estimate of drug-likeness (QED) is 0.529. The van der Waals surface area contributed by atoms with Gasteiger partial charge in [0.25, 0.3) is 0 Å². The van der Waals surface area contributed by atoms with E-state index >= 15 is 0 Å². The summed E-state index contributed by atoms with van der Waals surface area (Å²) in [7, 11) is 1.89. The molecule has 0 saturated carbocycles. The average Bonchev–Trinajstić information content (AvgIpc) is 3.29. The first kappa shape index (κ1) is 19.1. The van der Waals surface area contributed by atoms with E-state index in [-0.39, 0.29) is 12.5 Å². The second-order valence-corrected chi connectivity index (χ2v) is 8.08. The summed E-state index contributed by atoms with van der Waals surface area (Å²) in [5.74, 6) is -0.0347. The molecule has 148 valence electrons.